The molecule has 0 atom stereocenters. The van der Waals surface area contributed by atoms with E-state index in [-0.39, 0.29) is 0 Å². The molecule has 0 aliphatic rings. The van der Waals surface area contributed by atoms with Crippen molar-refractivity contribution in [1.29, 1.82) is 0 Å². The number of rotatable bonds is 4. The van der Waals surface area contributed by atoms with Crippen LogP contribution < -0.4 is 0 Å². The van der Waals surface area contributed by atoms with Gasteiger partial charge < -0.3 is 0 Å². The van der Waals surface area contributed by atoms with E-state index in [0.29, 0.717) is 0 Å². The summed E-state index contributed by atoms with van der Waals surface area (Å²) in [6.07, 6.45) is 0. The van der Waals surface area contributed by atoms with Gasteiger partial charge in [0.2, 0.25) is 0 Å². The van der Waals surface area contributed by atoms with Gasteiger partial charge in [-0.1, -0.05) is 35.8 Å². The molecule has 0 bridgehead atoms. The lowest BCUT2D eigenvalue weighted by Gasteiger charge is -2.19. The van der Waals surface area contributed by atoms with E-state index < -0.39 is 0 Å². The van der Waals surface area contributed by atoms with Crippen molar-refractivity contribution in [1.82, 2.24) is 4.90 Å². The summed E-state index contributed by atoms with van der Waals surface area (Å²) in [6, 6.07) is 6.48. The Bertz CT molecular complexity index is 292. The zero-order valence-electron chi connectivity index (χ0n) is 9.18. The first-order chi connectivity index (χ1) is 6.67. The molecule has 0 saturated carbocycles. The molecule has 0 N–H and O–H groups in total. The first-order valence-electron chi connectivity index (χ1n) is 5.14. The molecule has 0 spiro atoms. The molecule has 0 radical (unpaired) electrons. The van der Waals surface area contributed by atoms with E-state index >= 15 is 0 Å². The van der Waals surface area contributed by atoms with Crippen LogP contribution in [0.4, 0.5) is 0 Å². The standard InChI is InChI=1S/C12H18BrN/c1-4-14(5-2)9-11-8-12(13)7-6-10(11)3/h6-8H,4-5,9H2,1-3H3. The molecule has 1 aromatic rings. The maximum absolute atomic E-state index is 3.51. The minimum atomic E-state index is 1.05. The Kier molecular flexibility index (Phi) is 4.63. The normalized spacial score (nSPS) is 10.9. The topological polar surface area (TPSA) is 3.24 Å². The minimum Gasteiger partial charge on any atom is -0.300 e. The van der Waals surface area contributed by atoms with Crippen LogP contribution in [-0.4, -0.2) is 18.0 Å². The quantitative estimate of drug-likeness (QED) is 0.795. The molecule has 78 valence electrons. The van der Waals surface area contributed by atoms with E-state index in [1.165, 1.54) is 15.6 Å². The Hall–Kier alpha value is -0.340. The zero-order valence-corrected chi connectivity index (χ0v) is 10.8. The molecular formula is C12H18BrN. The predicted molar refractivity (Wildman–Crippen MR) is 65.5 cm³/mol. The number of nitrogens with zero attached hydrogens (tertiary/aromatic N) is 1. The first-order valence-corrected chi connectivity index (χ1v) is 5.94. The van der Waals surface area contributed by atoms with Gasteiger partial charge in [-0.2, -0.15) is 0 Å². The molecule has 0 fully saturated rings. The van der Waals surface area contributed by atoms with E-state index in [1.54, 1.807) is 0 Å². The maximum atomic E-state index is 3.51. The summed E-state index contributed by atoms with van der Waals surface area (Å²) in [4.78, 5) is 2.43. The van der Waals surface area contributed by atoms with Gasteiger partial charge in [0, 0.05) is 11.0 Å². The van der Waals surface area contributed by atoms with Crippen molar-refractivity contribution in [3.63, 3.8) is 0 Å². The Balaban J connectivity index is 2.79. The molecule has 0 saturated heterocycles. The highest BCUT2D eigenvalue weighted by Gasteiger charge is 2.04. The van der Waals surface area contributed by atoms with Crippen LogP contribution in [0.15, 0.2) is 22.7 Å². The van der Waals surface area contributed by atoms with E-state index in [2.05, 4.69) is 59.8 Å². The average Bonchev–Trinajstić information content (AvgIpc) is 2.19. The van der Waals surface area contributed by atoms with E-state index in [4.69, 9.17) is 0 Å². The SMILES string of the molecule is CCN(CC)Cc1cc(Br)ccc1C. The summed E-state index contributed by atoms with van der Waals surface area (Å²) in [5.74, 6) is 0. The molecule has 0 aliphatic carbocycles. The number of aryl methyl sites for hydroxylation is 1. The minimum absolute atomic E-state index is 1.05. The van der Waals surface area contributed by atoms with Gasteiger partial charge >= 0.3 is 0 Å². The molecule has 0 heterocycles. The molecule has 1 nitrogen and oxygen atoms in total. The van der Waals surface area contributed by atoms with Crippen LogP contribution in [0.25, 0.3) is 0 Å². The Morgan fingerprint density at radius 3 is 2.43 bits per heavy atom. The first kappa shape index (κ1) is 11.7. The van der Waals surface area contributed by atoms with Crippen LogP contribution in [0, 0.1) is 6.92 Å². The van der Waals surface area contributed by atoms with Gasteiger partial charge in [-0.3, -0.25) is 4.90 Å². The Labute approximate surface area is 95.2 Å². The van der Waals surface area contributed by atoms with Crippen LogP contribution in [0.2, 0.25) is 0 Å². The van der Waals surface area contributed by atoms with Crippen LogP contribution in [0.3, 0.4) is 0 Å². The summed E-state index contributed by atoms with van der Waals surface area (Å²) in [5, 5.41) is 0. The van der Waals surface area contributed by atoms with Crippen molar-refractivity contribution in [2.45, 2.75) is 27.3 Å². The average molecular weight is 256 g/mol. The molecule has 0 aromatic heterocycles. The summed E-state index contributed by atoms with van der Waals surface area (Å²) < 4.78 is 1.17. The second kappa shape index (κ2) is 5.52. The molecular weight excluding hydrogens is 238 g/mol. The van der Waals surface area contributed by atoms with Gasteiger partial charge in [-0.05, 0) is 43.3 Å². The fourth-order valence-electron chi connectivity index (χ4n) is 1.50. The molecule has 14 heavy (non-hydrogen) atoms. The Morgan fingerprint density at radius 2 is 1.86 bits per heavy atom. The highest BCUT2D eigenvalue weighted by Crippen LogP contribution is 2.17. The van der Waals surface area contributed by atoms with Crippen LogP contribution in [0.5, 0.6) is 0 Å². The summed E-state index contributed by atoms with van der Waals surface area (Å²) in [6.45, 7) is 9.86. The van der Waals surface area contributed by atoms with Gasteiger partial charge in [0.1, 0.15) is 0 Å². The summed E-state index contributed by atoms with van der Waals surface area (Å²) in [5.41, 5.74) is 2.79. The number of benzene rings is 1. The van der Waals surface area contributed by atoms with Crippen molar-refractivity contribution in [3.8, 4) is 0 Å². The van der Waals surface area contributed by atoms with Gasteiger partial charge in [0.25, 0.3) is 0 Å². The zero-order chi connectivity index (χ0) is 10.6. The predicted octanol–water partition coefficient (Wildman–Crippen LogP) is 3.60. The van der Waals surface area contributed by atoms with Gasteiger partial charge in [-0.15, -0.1) is 0 Å². The fourth-order valence-corrected chi connectivity index (χ4v) is 1.91. The van der Waals surface area contributed by atoms with Crippen LogP contribution in [0.1, 0.15) is 25.0 Å². The van der Waals surface area contributed by atoms with Crippen molar-refractivity contribution < 1.29 is 0 Å². The number of hydrogen-bond acceptors (Lipinski definition) is 1. The number of hydrogen-bond donors (Lipinski definition) is 0. The van der Waals surface area contributed by atoms with Gasteiger partial charge in [-0.25, -0.2) is 0 Å². The van der Waals surface area contributed by atoms with Crippen molar-refractivity contribution in [3.05, 3.63) is 33.8 Å². The second-order valence-corrected chi connectivity index (χ2v) is 4.45. The van der Waals surface area contributed by atoms with Gasteiger partial charge in [0.15, 0.2) is 0 Å². The summed E-state index contributed by atoms with van der Waals surface area (Å²) in [7, 11) is 0. The molecule has 0 amide bonds. The van der Waals surface area contributed by atoms with Gasteiger partial charge in [0.05, 0.1) is 0 Å². The largest absolute Gasteiger partial charge is 0.300 e. The van der Waals surface area contributed by atoms with Crippen molar-refractivity contribution in [2.75, 3.05) is 13.1 Å². The molecule has 0 unspecified atom stereocenters. The van der Waals surface area contributed by atoms with Crippen molar-refractivity contribution >= 4 is 15.9 Å². The van der Waals surface area contributed by atoms with E-state index in [0.717, 1.165) is 19.6 Å². The second-order valence-electron chi connectivity index (χ2n) is 3.53. The van der Waals surface area contributed by atoms with Crippen LogP contribution in [-0.2, 0) is 6.54 Å². The molecule has 1 rings (SSSR count). The lowest BCUT2D eigenvalue weighted by Crippen LogP contribution is -2.22. The third-order valence-electron chi connectivity index (χ3n) is 2.60. The molecule has 2 heteroatoms. The van der Waals surface area contributed by atoms with E-state index in [9.17, 15) is 0 Å². The third-order valence-corrected chi connectivity index (χ3v) is 3.09. The maximum Gasteiger partial charge on any atom is 0.0236 e. The van der Waals surface area contributed by atoms with Crippen LogP contribution >= 0.6 is 15.9 Å². The highest BCUT2D eigenvalue weighted by molar-refractivity contribution is 9.10. The monoisotopic (exact) mass is 255 g/mol. The molecule has 0 aliphatic heterocycles. The third kappa shape index (κ3) is 3.10. The fraction of sp³-hybridized carbons (Fsp3) is 0.500. The lowest BCUT2D eigenvalue weighted by atomic mass is 10.1. The van der Waals surface area contributed by atoms with E-state index in [1.807, 2.05) is 0 Å². The number of halogens is 1. The summed E-state index contributed by atoms with van der Waals surface area (Å²) >= 11 is 3.51. The smallest absolute Gasteiger partial charge is 0.0236 e. The molecule has 1 aromatic carbocycles. The highest BCUT2D eigenvalue weighted by atomic mass is 79.9. The van der Waals surface area contributed by atoms with Crippen molar-refractivity contribution in [2.24, 2.45) is 0 Å². The lowest BCUT2D eigenvalue weighted by molar-refractivity contribution is 0.295. The Morgan fingerprint density at radius 1 is 1.21 bits per heavy atom.